The maximum absolute atomic E-state index is 10.5. The fraction of sp³-hybridized carbons (Fsp3) is 0. The topological polar surface area (TPSA) is 57.5 Å². The van der Waals surface area contributed by atoms with Gasteiger partial charge in [-0.05, 0) is 11.5 Å². The molecule has 0 bridgehead atoms. The molecule has 0 aromatic heterocycles. The summed E-state index contributed by atoms with van der Waals surface area (Å²) in [5, 5.41) is 17.7. The third kappa shape index (κ3) is 1.74. The Kier molecular flexibility index (Phi) is 3.02. The van der Waals surface area contributed by atoms with Crippen LogP contribution >= 0.6 is 15.9 Å². The van der Waals surface area contributed by atoms with Crippen LogP contribution in [0, 0.1) is 0 Å². The van der Waals surface area contributed by atoms with Gasteiger partial charge in [-0.2, -0.15) is 0 Å². The van der Waals surface area contributed by atoms with E-state index >= 15 is 0 Å². The van der Waals surface area contributed by atoms with Gasteiger partial charge in [0.25, 0.3) is 0 Å². The lowest BCUT2D eigenvalue weighted by Crippen LogP contribution is -2.33. The highest BCUT2D eigenvalue weighted by molar-refractivity contribution is 9.10. The molecule has 0 atom stereocenters. The van der Waals surface area contributed by atoms with Gasteiger partial charge in [-0.25, -0.2) is 0 Å². The van der Waals surface area contributed by atoms with Gasteiger partial charge in [0, 0.05) is 10.0 Å². The largest absolute Gasteiger partial charge is 0.489 e. The smallest absolute Gasteiger partial charge is 0.423 e. The Balaban J connectivity index is 3.27. The highest BCUT2D eigenvalue weighted by Crippen LogP contribution is 2.11. The Morgan fingerprint density at radius 2 is 2.08 bits per heavy atom. The molecule has 0 aliphatic heterocycles. The second-order valence-corrected chi connectivity index (χ2v) is 3.09. The lowest BCUT2D eigenvalue weighted by Gasteiger charge is -2.03. The minimum absolute atomic E-state index is 0.208. The molecule has 5 heteroatoms. The molecule has 2 N–H and O–H groups in total. The molecule has 0 radical (unpaired) electrons. The fourth-order valence-corrected chi connectivity index (χ4v) is 1.38. The van der Waals surface area contributed by atoms with Crippen LogP contribution < -0.4 is 5.46 Å². The van der Waals surface area contributed by atoms with Crippen molar-refractivity contribution in [2.45, 2.75) is 0 Å². The average molecular weight is 229 g/mol. The molecular formula is C7H6BBrO3. The number of hydrogen-bond acceptors (Lipinski definition) is 3. The van der Waals surface area contributed by atoms with Crippen LogP contribution in [-0.4, -0.2) is 23.5 Å². The van der Waals surface area contributed by atoms with Crippen LogP contribution in [0.15, 0.2) is 22.7 Å². The predicted octanol–water partition coefficient (Wildman–Crippen LogP) is -0.0586. The summed E-state index contributed by atoms with van der Waals surface area (Å²) in [6.07, 6.45) is 0.582. The summed E-state index contributed by atoms with van der Waals surface area (Å²) < 4.78 is 0.558. The summed E-state index contributed by atoms with van der Waals surface area (Å²) in [5.41, 5.74) is 0.479. The second kappa shape index (κ2) is 3.84. The number of benzene rings is 1. The monoisotopic (exact) mass is 228 g/mol. The van der Waals surface area contributed by atoms with Crippen molar-refractivity contribution in [2.75, 3.05) is 0 Å². The number of rotatable bonds is 2. The molecule has 0 saturated heterocycles. The third-order valence-electron chi connectivity index (χ3n) is 1.48. The fourth-order valence-electron chi connectivity index (χ4n) is 0.903. The van der Waals surface area contributed by atoms with Crippen molar-refractivity contribution in [1.29, 1.82) is 0 Å². The van der Waals surface area contributed by atoms with Gasteiger partial charge in [0.15, 0.2) is 6.29 Å². The van der Waals surface area contributed by atoms with Crippen LogP contribution in [0.25, 0.3) is 0 Å². The molecule has 1 aromatic carbocycles. The lowest BCUT2D eigenvalue weighted by molar-refractivity contribution is 0.112. The van der Waals surface area contributed by atoms with Crippen LogP contribution in [0.3, 0.4) is 0 Å². The van der Waals surface area contributed by atoms with Gasteiger partial charge in [-0.15, -0.1) is 0 Å². The van der Waals surface area contributed by atoms with Crippen LogP contribution in [-0.2, 0) is 0 Å². The number of carbonyl (C=O) groups is 1. The molecule has 62 valence electrons. The molecule has 0 amide bonds. The van der Waals surface area contributed by atoms with Crippen LogP contribution in [0.2, 0.25) is 0 Å². The highest BCUT2D eigenvalue weighted by Gasteiger charge is 2.16. The first-order valence-electron chi connectivity index (χ1n) is 3.26. The van der Waals surface area contributed by atoms with E-state index in [9.17, 15) is 4.79 Å². The average Bonchev–Trinajstić information content (AvgIpc) is 2.03. The number of hydrogen-bond donors (Lipinski definition) is 2. The molecule has 0 saturated carbocycles. The zero-order valence-electron chi connectivity index (χ0n) is 6.07. The molecule has 1 aromatic rings. The highest BCUT2D eigenvalue weighted by atomic mass is 79.9. The van der Waals surface area contributed by atoms with Crippen molar-refractivity contribution in [3.05, 3.63) is 28.2 Å². The predicted molar refractivity (Wildman–Crippen MR) is 49.4 cm³/mol. The van der Waals surface area contributed by atoms with Crippen molar-refractivity contribution in [1.82, 2.24) is 0 Å². The summed E-state index contributed by atoms with van der Waals surface area (Å²) in [6.45, 7) is 0. The molecule has 1 rings (SSSR count). The third-order valence-corrected chi connectivity index (χ3v) is 2.17. The molecule has 3 nitrogen and oxygen atoms in total. The molecule has 0 aliphatic carbocycles. The van der Waals surface area contributed by atoms with E-state index in [1.54, 1.807) is 12.1 Å². The minimum atomic E-state index is -1.61. The van der Waals surface area contributed by atoms with Gasteiger partial charge in [0.2, 0.25) is 0 Å². The van der Waals surface area contributed by atoms with Gasteiger partial charge >= 0.3 is 7.12 Å². The molecule has 0 fully saturated rings. The molecule has 0 heterocycles. The zero-order valence-corrected chi connectivity index (χ0v) is 7.65. The Morgan fingerprint density at radius 1 is 1.42 bits per heavy atom. The van der Waals surface area contributed by atoms with Crippen molar-refractivity contribution >= 4 is 34.8 Å². The first-order chi connectivity index (χ1) is 5.66. The van der Waals surface area contributed by atoms with E-state index in [1.807, 2.05) is 0 Å². The molecule has 0 aliphatic rings. The quantitative estimate of drug-likeness (QED) is 0.551. The van der Waals surface area contributed by atoms with E-state index < -0.39 is 7.12 Å². The SMILES string of the molecule is O=Cc1c(Br)cccc1B(O)O. The summed E-state index contributed by atoms with van der Waals surface area (Å²) in [4.78, 5) is 10.5. The molecule has 0 unspecified atom stereocenters. The van der Waals surface area contributed by atoms with Crippen molar-refractivity contribution in [3.63, 3.8) is 0 Å². The van der Waals surface area contributed by atoms with Gasteiger partial charge in [0.1, 0.15) is 0 Å². The van der Waals surface area contributed by atoms with Crippen LogP contribution in [0.5, 0.6) is 0 Å². The summed E-state index contributed by atoms with van der Waals surface area (Å²) in [7, 11) is -1.61. The van der Waals surface area contributed by atoms with Crippen molar-refractivity contribution < 1.29 is 14.8 Å². The standard InChI is InChI=1S/C7H6BBrO3/c9-7-3-1-2-6(8(11)12)5(7)4-10/h1-4,11-12H. The first kappa shape index (κ1) is 9.44. The number of carbonyl (C=O) groups excluding carboxylic acids is 1. The Bertz CT molecular complexity index is 301. The lowest BCUT2D eigenvalue weighted by atomic mass is 9.77. The van der Waals surface area contributed by atoms with Crippen molar-refractivity contribution in [3.8, 4) is 0 Å². The minimum Gasteiger partial charge on any atom is -0.423 e. The summed E-state index contributed by atoms with van der Waals surface area (Å²) in [5.74, 6) is 0. The van der Waals surface area contributed by atoms with Gasteiger partial charge < -0.3 is 10.0 Å². The normalized spacial score (nSPS) is 9.58. The second-order valence-electron chi connectivity index (χ2n) is 2.23. The summed E-state index contributed by atoms with van der Waals surface area (Å²) >= 11 is 3.12. The van der Waals surface area contributed by atoms with E-state index in [0.717, 1.165) is 0 Å². The van der Waals surface area contributed by atoms with E-state index in [1.165, 1.54) is 6.07 Å². The van der Waals surface area contributed by atoms with Gasteiger partial charge in [0.05, 0.1) is 0 Å². The Morgan fingerprint density at radius 3 is 2.50 bits per heavy atom. The molecule has 0 spiro atoms. The number of halogens is 1. The summed E-state index contributed by atoms with van der Waals surface area (Å²) in [6, 6.07) is 4.78. The van der Waals surface area contributed by atoms with Crippen molar-refractivity contribution in [2.24, 2.45) is 0 Å². The zero-order chi connectivity index (χ0) is 9.14. The maximum Gasteiger partial charge on any atom is 0.489 e. The van der Waals surface area contributed by atoms with Crippen LogP contribution in [0.4, 0.5) is 0 Å². The van der Waals surface area contributed by atoms with E-state index in [2.05, 4.69) is 15.9 Å². The van der Waals surface area contributed by atoms with E-state index in [0.29, 0.717) is 10.8 Å². The van der Waals surface area contributed by atoms with Gasteiger partial charge in [-0.3, -0.25) is 4.79 Å². The van der Waals surface area contributed by atoms with Crippen LogP contribution in [0.1, 0.15) is 10.4 Å². The van der Waals surface area contributed by atoms with Gasteiger partial charge in [-0.1, -0.05) is 28.1 Å². The number of aldehydes is 1. The molecular weight excluding hydrogens is 223 g/mol. The van der Waals surface area contributed by atoms with E-state index in [-0.39, 0.29) is 11.0 Å². The first-order valence-corrected chi connectivity index (χ1v) is 4.06. The Labute approximate surface area is 78.3 Å². The molecule has 12 heavy (non-hydrogen) atoms. The maximum atomic E-state index is 10.5. The van der Waals surface area contributed by atoms with E-state index in [4.69, 9.17) is 10.0 Å². The Hall–Kier alpha value is -0.645.